The van der Waals surface area contributed by atoms with Crippen LogP contribution in [-0.2, 0) is 13.0 Å². The summed E-state index contributed by atoms with van der Waals surface area (Å²) < 4.78 is 1.27. The van der Waals surface area contributed by atoms with Crippen molar-refractivity contribution in [2.45, 2.75) is 39.8 Å². The summed E-state index contributed by atoms with van der Waals surface area (Å²) in [5.74, 6) is 0.565. The fourth-order valence-electron chi connectivity index (χ4n) is 3.66. The van der Waals surface area contributed by atoms with Crippen molar-refractivity contribution in [3.8, 4) is 0 Å². The molecule has 4 rings (SSSR count). The number of hydrogen-bond acceptors (Lipinski definition) is 8. The van der Waals surface area contributed by atoms with Crippen LogP contribution in [0.25, 0.3) is 0 Å². The standard InChI is InChI=1S/C21H24N8OS.H2/c1-12-13(2)19(27-29(11-22)18(12)23)28-6-4-17-16(10-28)8-15(9-25-17)20(30)26-14(3)21-24-5-7-31-21;/h5,7-9,11,14,22-23H,4,6,10H2,1-3H3,(H,26,30);1H. The predicted molar refractivity (Wildman–Crippen MR) is 121 cm³/mol. The third kappa shape index (κ3) is 3.98. The molecule has 0 aromatic carbocycles. The van der Waals surface area contributed by atoms with Gasteiger partial charge >= 0.3 is 0 Å². The average molecular weight is 439 g/mol. The zero-order valence-electron chi connectivity index (χ0n) is 17.6. The summed E-state index contributed by atoms with van der Waals surface area (Å²) >= 11 is 1.51. The molecule has 162 valence electrons. The van der Waals surface area contributed by atoms with Crippen LogP contribution in [0.15, 0.2) is 23.8 Å². The fourth-order valence-corrected chi connectivity index (χ4v) is 4.31. The van der Waals surface area contributed by atoms with Gasteiger partial charge in [-0.2, -0.15) is 0 Å². The zero-order chi connectivity index (χ0) is 22.1. The van der Waals surface area contributed by atoms with Crippen LogP contribution in [0.5, 0.6) is 0 Å². The van der Waals surface area contributed by atoms with Gasteiger partial charge in [-0.25, -0.2) is 9.67 Å². The summed E-state index contributed by atoms with van der Waals surface area (Å²) in [4.78, 5) is 23.7. The number of carbonyl (C=O) groups excluding carboxylic acids is 1. The van der Waals surface area contributed by atoms with Crippen molar-refractivity contribution in [2.24, 2.45) is 0 Å². The number of hydrogen-bond donors (Lipinski definition) is 3. The Bertz CT molecular complexity index is 1210. The summed E-state index contributed by atoms with van der Waals surface area (Å²) in [6.45, 7) is 7.02. The van der Waals surface area contributed by atoms with E-state index in [0.29, 0.717) is 12.1 Å². The summed E-state index contributed by atoms with van der Waals surface area (Å²) in [7, 11) is 0. The Balaban J connectivity index is 0.00000289. The predicted octanol–water partition coefficient (Wildman–Crippen LogP) is 2.59. The van der Waals surface area contributed by atoms with Gasteiger partial charge in [0.15, 0.2) is 11.3 Å². The fraction of sp³-hybridized carbons (Fsp3) is 0.333. The van der Waals surface area contributed by atoms with E-state index in [0.717, 1.165) is 52.5 Å². The van der Waals surface area contributed by atoms with E-state index >= 15 is 0 Å². The van der Waals surface area contributed by atoms with Crippen LogP contribution in [0.1, 0.15) is 52.1 Å². The molecule has 4 heterocycles. The second-order valence-electron chi connectivity index (χ2n) is 7.56. The van der Waals surface area contributed by atoms with Crippen molar-refractivity contribution in [2.75, 3.05) is 11.4 Å². The molecular formula is C21H26N8OS. The number of fused-ring (bicyclic) bond motifs is 1. The van der Waals surface area contributed by atoms with Crippen LogP contribution in [0, 0.1) is 24.7 Å². The van der Waals surface area contributed by atoms with E-state index < -0.39 is 0 Å². The number of nitrogens with one attached hydrogen (secondary N) is 3. The molecule has 3 aromatic rings. The highest BCUT2D eigenvalue weighted by molar-refractivity contribution is 7.09. The van der Waals surface area contributed by atoms with Crippen LogP contribution in [0.4, 0.5) is 5.82 Å². The highest BCUT2D eigenvalue weighted by Gasteiger charge is 2.23. The molecule has 0 saturated carbocycles. The van der Waals surface area contributed by atoms with Gasteiger partial charge in [-0.15, -0.1) is 16.4 Å². The minimum absolute atomic E-state index is 0. The average Bonchev–Trinajstić information content (AvgIpc) is 3.32. The lowest BCUT2D eigenvalue weighted by molar-refractivity contribution is 0.0939. The second-order valence-corrected chi connectivity index (χ2v) is 8.49. The molecule has 10 heteroatoms. The molecule has 1 aliphatic heterocycles. The van der Waals surface area contributed by atoms with E-state index in [4.69, 9.17) is 10.8 Å². The molecule has 1 amide bonds. The molecule has 3 aromatic heterocycles. The van der Waals surface area contributed by atoms with E-state index in [1.807, 2.05) is 32.2 Å². The lowest BCUT2D eigenvalue weighted by atomic mass is 10.0. The first kappa shape index (κ1) is 20.9. The van der Waals surface area contributed by atoms with Crippen LogP contribution in [0.2, 0.25) is 0 Å². The number of pyridine rings is 1. The van der Waals surface area contributed by atoms with Crippen molar-refractivity contribution < 1.29 is 6.22 Å². The number of nitrogens with zero attached hydrogens (tertiary/aromatic N) is 5. The zero-order valence-corrected chi connectivity index (χ0v) is 18.5. The smallest absolute Gasteiger partial charge is 0.253 e. The first-order chi connectivity index (χ1) is 14.9. The van der Waals surface area contributed by atoms with Gasteiger partial charge in [0.25, 0.3) is 5.91 Å². The van der Waals surface area contributed by atoms with Crippen molar-refractivity contribution in [1.82, 2.24) is 25.1 Å². The summed E-state index contributed by atoms with van der Waals surface area (Å²) in [5, 5.41) is 25.9. The number of aromatic nitrogens is 4. The van der Waals surface area contributed by atoms with Crippen molar-refractivity contribution in [3.05, 3.63) is 62.3 Å². The van der Waals surface area contributed by atoms with Crippen LogP contribution >= 0.6 is 11.3 Å². The molecule has 1 aliphatic rings. The van der Waals surface area contributed by atoms with Crippen LogP contribution in [-0.4, -0.2) is 38.5 Å². The van der Waals surface area contributed by atoms with Gasteiger partial charge in [0.05, 0.1) is 11.6 Å². The summed E-state index contributed by atoms with van der Waals surface area (Å²) in [6.07, 6.45) is 5.14. The monoisotopic (exact) mass is 438 g/mol. The van der Waals surface area contributed by atoms with Gasteiger partial charge < -0.3 is 10.2 Å². The maximum Gasteiger partial charge on any atom is 0.253 e. The van der Waals surface area contributed by atoms with Gasteiger partial charge in [0, 0.05) is 50.0 Å². The molecule has 0 bridgehead atoms. The Morgan fingerprint density at radius 1 is 1.35 bits per heavy atom. The first-order valence-electron chi connectivity index (χ1n) is 9.97. The quantitative estimate of drug-likeness (QED) is 0.417. The molecule has 0 radical (unpaired) electrons. The van der Waals surface area contributed by atoms with Gasteiger partial charge in [0.2, 0.25) is 0 Å². The lowest BCUT2D eigenvalue weighted by Crippen LogP contribution is -2.36. The highest BCUT2D eigenvalue weighted by Crippen LogP contribution is 2.25. The molecule has 1 unspecified atom stereocenters. The Labute approximate surface area is 185 Å². The number of carbonyl (C=O) groups is 1. The summed E-state index contributed by atoms with van der Waals surface area (Å²) in [5.41, 5.74) is 4.40. The van der Waals surface area contributed by atoms with Crippen molar-refractivity contribution in [3.63, 3.8) is 0 Å². The molecule has 31 heavy (non-hydrogen) atoms. The topological polar surface area (TPSA) is 124 Å². The first-order valence-corrected chi connectivity index (χ1v) is 10.8. The minimum atomic E-state index is -0.180. The van der Waals surface area contributed by atoms with Gasteiger partial charge in [0.1, 0.15) is 11.3 Å². The van der Waals surface area contributed by atoms with Crippen LogP contribution in [0.3, 0.4) is 0 Å². The largest absolute Gasteiger partial charge is 0.350 e. The third-order valence-electron chi connectivity index (χ3n) is 5.58. The Hall–Kier alpha value is -3.40. The van der Waals surface area contributed by atoms with Gasteiger partial charge in [-0.1, -0.05) is 0 Å². The minimum Gasteiger partial charge on any atom is -0.350 e. The summed E-state index contributed by atoms with van der Waals surface area (Å²) in [6, 6.07) is 1.72. The van der Waals surface area contributed by atoms with Gasteiger partial charge in [-0.05, 0) is 38.0 Å². The Morgan fingerprint density at radius 3 is 2.87 bits per heavy atom. The molecule has 0 saturated heterocycles. The van der Waals surface area contributed by atoms with E-state index in [1.165, 1.54) is 16.0 Å². The molecule has 0 aliphatic carbocycles. The number of thiazole rings is 1. The van der Waals surface area contributed by atoms with Crippen LogP contribution < -0.4 is 15.7 Å². The maximum absolute atomic E-state index is 12.8. The Morgan fingerprint density at radius 2 is 2.16 bits per heavy atom. The lowest BCUT2D eigenvalue weighted by Gasteiger charge is -2.31. The van der Waals surface area contributed by atoms with E-state index in [2.05, 4.69) is 25.3 Å². The van der Waals surface area contributed by atoms with E-state index in [-0.39, 0.29) is 18.9 Å². The van der Waals surface area contributed by atoms with Gasteiger partial charge in [-0.3, -0.25) is 20.6 Å². The number of anilines is 1. The molecule has 3 N–H and O–H groups in total. The highest BCUT2D eigenvalue weighted by atomic mass is 32.1. The Kier molecular flexibility index (Phi) is 5.64. The SMILES string of the molecule is Cc1c(N2CCc3ncc(C(=O)NC(C)c4nccs4)cc3C2)nn(C=N)c(=N)c1C.[HH]. The van der Waals surface area contributed by atoms with E-state index in [1.54, 1.807) is 12.4 Å². The molecule has 0 fully saturated rings. The van der Waals surface area contributed by atoms with Crippen molar-refractivity contribution in [1.29, 1.82) is 10.8 Å². The van der Waals surface area contributed by atoms with Crippen molar-refractivity contribution >= 4 is 29.4 Å². The second kappa shape index (κ2) is 8.38. The normalized spacial score (nSPS) is 14.1. The number of rotatable bonds is 5. The maximum atomic E-state index is 12.8. The van der Waals surface area contributed by atoms with E-state index in [9.17, 15) is 4.79 Å². The number of amides is 1. The molecule has 9 nitrogen and oxygen atoms in total. The molecule has 0 spiro atoms. The molecular weight excluding hydrogens is 412 g/mol. The third-order valence-corrected chi connectivity index (χ3v) is 6.54. The molecule has 1 atom stereocenters.